The van der Waals surface area contributed by atoms with E-state index in [2.05, 4.69) is 17.2 Å². The molecular weight excluding hydrogens is 370 g/mol. The van der Waals surface area contributed by atoms with Gasteiger partial charge in [-0.25, -0.2) is 4.98 Å². The van der Waals surface area contributed by atoms with Crippen LogP contribution in [0.3, 0.4) is 0 Å². The number of aromatic nitrogens is 2. The molecule has 2 aromatic heterocycles. The van der Waals surface area contributed by atoms with Crippen molar-refractivity contribution in [3.8, 4) is 10.4 Å². The minimum Gasteiger partial charge on any atom is -0.352 e. The Kier molecular flexibility index (Phi) is 5.74. The Morgan fingerprint density at radius 3 is 2.77 bits per heavy atom. The molecule has 0 saturated carbocycles. The van der Waals surface area contributed by atoms with E-state index in [1.807, 2.05) is 37.3 Å². The van der Waals surface area contributed by atoms with Crippen molar-refractivity contribution < 1.29 is 4.79 Å². The van der Waals surface area contributed by atoms with Crippen molar-refractivity contribution in [3.05, 3.63) is 52.0 Å². The van der Waals surface area contributed by atoms with E-state index in [-0.39, 0.29) is 24.1 Å². The summed E-state index contributed by atoms with van der Waals surface area (Å²) < 4.78 is 1.91. The maximum absolute atomic E-state index is 12.7. The number of hydrogen-bond acceptors (Lipinski definition) is 4. The second-order valence-electron chi connectivity index (χ2n) is 6.27. The summed E-state index contributed by atoms with van der Waals surface area (Å²) in [5.74, 6) is -0.177. The minimum absolute atomic E-state index is 0.0238. The van der Waals surface area contributed by atoms with Gasteiger partial charge in [0.2, 0.25) is 5.91 Å². The van der Waals surface area contributed by atoms with Crippen LogP contribution >= 0.6 is 22.9 Å². The van der Waals surface area contributed by atoms with Gasteiger partial charge in [0.15, 0.2) is 0 Å². The van der Waals surface area contributed by atoms with Crippen LogP contribution in [0.2, 0.25) is 5.02 Å². The Hall–Kier alpha value is -2.18. The van der Waals surface area contributed by atoms with Crippen molar-refractivity contribution in [1.82, 2.24) is 14.9 Å². The van der Waals surface area contributed by atoms with Crippen LogP contribution in [0.5, 0.6) is 0 Å². The number of halogens is 1. The zero-order valence-corrected chi connectivity index (χ0v) is 16.2. The minimum atomic E-state index is -0.196. The lowest BCUT2D eigenvalue weighted by Gasteiger charge is -2.13. The zero-order chi connectivity index (χ0) is 18.7. The molecule has 3 aromatic rings. The lowest BCUT2D eigenvalue weighted by atomic mass is 10.2. The van der Waals surface area contributed by atoms with Gasteiger partial charge in [0.1, 0.15) is 11.2 Å². The largest absolute Gasteiger partial charge is 0.352 e. The molecule has 136 valence electrons. The summed E-state index contributed by atoms with van der Waals surface area (Å²) in [6, 6.07) is 9.43. The van der Waals surface area contributed by atoms with Gasteiger partial charge >= 0.3 is 0 Å². The van der Waals surface area contributed by atoms with E-state index in [0.717, 1.165) is 23.3 Å². The topological polar surface area (TPSA) is 64.0 Å². The Bertz CT molecular complexity index is 979. The van der Waals surface area contributed by atoms with Crippen molar-refractivity contribution in [3.63, 3.8) is 0 Å². The Morgan fingerprint density at radius 1 is 1.35 bits per heavy atom. The van der Waals surface area contributed by atoms with E-state index in [4.69, 9.17) is 11.6 Å². The molecule has 7 heteroatoms. The normalized spacial score (nSPS) is 12.3. The monoisotopic (exact) mass is 389 g/mol. The van der Waals surface area contributed by atoms with Crippen molar-refractivity contribution in [2.24, 2.45) is 0 Å². The quantitative estimate of drug-likeness (QED) is 0.690. The summed E-state index contributed by atoms with van der Waals surface area (Å²) in [4.78, 5) is 30.1. The number of thiophene rings is 1. The zero-order valence-electron chi connectivity index (χ0n) is 14.7. The SMILES string of the molecule is CCCC(C)NC(=O)Cn1cnc2cc(-c3ccc(Cl)cc3)sc2c1=O. The molecule has 1 aromatic carbocycles. The van der Waals surface area contributed by atoms with E-state index >= 15 is 0 Å². The summed E-state index contributed by atoms with van der Waals surface area (Å²) in [6.07, 6.45) is 3.35. The van der Waals surface area contributed by atoms with Crippen LogP contribution in [-0.2, 0) is 11.3 Å². The second-order valence-corrected chi connectivity index (χ2v) is 7.76. The fourth-order valence-corrected chi connectivity index (χ4v) is 3.99. The lowest BCUT2D eigenvalue weighted by molar-refractivity contribution is -0.122. The number of fused-ring (bicyclic) bond motifs is 1. The van der Waals surface area contributed by atoms with E-state index < -0.39 is 0 Å². The van der Waals surface area contributed by atoms with Gasteiger partial charge in [-0.15, -0.1) is 11.3 Å². The van der Waals surface area contributed by atoms with Crippen LogP contribution in [0.1, 0.15) is 26.7 Å². The molecule has 1 N–H and O–H groups in total. The van der Waals surface area contributed by atoms with E-state index in [1.165, 1.54) is 22.2 Å². The van der Waals surface area contributed by atoms with Crippen LogP contribution in [0, 0.1) is 0 Å². The lowest BCUT2D eigenvalue weighted by Crippen LogP contribution is -2.37. The average Bonchev–Trinajstić information content (AvgIpc) is 3.03. The molecule has 0 saturated heterocycles. The first kappa shape index (κ1) is 18.6. The van der Waals surface area contributed by atoms with Crippen molar-refractivity contribution in [2.45, 2.75) is 39.3 Å². The molecule has 0 spiro atoms. The van der Waals surface area contributed by atoms with Gasteiger partial charge in [-0.2, -0.15) is 0 Å². The average molecular weight is 390 g/mol. The first-order valence-corrected chi connectivity index (χ1v) is 9.71. The molecule has 0 aliphatic heterocycles. The number of nitrogens with zero attached hydrogens (tertiary/aromatic N) is 2. The molecule has 26 heavy (non-hydrogen) atoms. The van der Waals surface area contributed by atoms with Crippen LogP contribution in [0.15, 0.2) is 41.5 Å². The van der Waals surface area contributed by atoms with Crippen LogP contribution < -0.4 is 10.9 Å². The van der Waals surface area contributed by atoms with Gasteiger partial charge in [-0.1, -0.05) is 37.1 Å². The third kappa shape index (κ3) is 4.14. The number of amides is 1. The Balaban J connectivity index is 1.85. The molecule has 0 radical (unpaired) electrons. The summed E-state index contributed by atoms with van der Waals surface area (Å²) in [5.41, 5.74) is 1.42. The molecule has 1 atom stereocenters. The first-order valence-electron chi connectivity index (χ1n) is 8.52. The van der Waals surface area contributed by atoms with Gasteiger partial charge in [0, 0.05) is 15.9 Å². The summed E-state index contributed by atoms with van der Waals surface area (Å²) in [7, 11) is 0. The molecule has 0 fully saturated rings. The molecule has 0 aliphatic carbocycles. The highest BCUT2D eigenvalue weighted by Gasteiger charge is 2.13. The number of benzene rings is 1. The standard InChI is InChI=1S/C19H20ClN3O2S/c1-3-4-12(2)22-17(24)10-23-11-21-15-9-16(26-18(15)19(23)25)13-5-7-14(20)8-6-13/h5-9,11-12H,3-4,10H2,1-2H3,(H,22,24). The number of carbonyl (C=O) groups excluding carboxylic acids is 1. The molecule has 3 rings (SSSR count). The third-order valence-corrected chi connectivity index (χ3v) is 5.49. The molecule has 0 aliphatic rings. The summed E-state index contributed by atoms with van der Waals surface area (Å²) in [5, 5.41) is 3.57. The van der Waals surface area contributed by atoms with E-state index in [9.17, 15) is 9.59 Å². The molecule has 0 bridgehead atoms. The Labute approximate surface area is 160 Å². The Morgan fingerprint density at radius 2 is 2.08 bits per heavy atom. The predicted molar refractivity (Wildman–Crippen MR) is 107 cm³/mol. The maximum Gasteiger partial charge on any atom is 0.271 e. The van der Waals surface area contributed by atoms with E-state index in [1.54, 1.807) is 0 Å². The molecular formula is C19H20ClN3O2S. The van der Waals surface area contributed by atoms with Crippen molar-refractivity contribution in [1.29, 1.82) is 0 Å². The molecule has 2 heterocycles. The second kappa shape index (κ2) is 8.01. The van der Waals surface area contributed by atoms with Crippen LogP contribution in [0.4, 0.5) is 0 Å². The maximum atomic E-state index is 12.7. The molecule has 1 unspecified atom stereocenters. The van der Waals surface area contributed by atoms with Gasteiger partial charge in [0.25, 0.3) is 5.56 Å². The van der Waals surface area contributed by atoms with Gasteiger partial charge in [-0.05, 0) is 37.1 Å². The van der Waals surface area contributed by atoms with Gasteiger partial charge in [-0.3, -0.25) is 14.2 Å². The van der Waals surface area contributed by atoms with E-state index in [0.29, 0.717) is 15.2 Å². The summed E-state index contributed by atoms with van der Waals surface area (Å²) in [6.45, 7) is 4.01. The van der Waals surface area contributed by atoms with Gasteiger partial charge in [0.05, 0.1) is 11.8 Å². The van der Waals surface area contributed by atoms with Crippen molar-refractivity contribution >= 4 is 39.1 Å². The molecule has 1 amide bonds. The summed E-state index contributed by atoms with van der Waals surface area (Å²) >= 11 is 7.30. The highest BCUT2D eigenvalue weighted by molar-refractivity contribution is 7.22. The smallest absolute Gasteiger partial charge is 0.271 e. The van der Waals surface area contributed by atoms with Crippen LogP contribution in [-0.4, -0.2) is 21.5 Å². The highest BCUT2D eigenvalue weighted by Crippen LogP contribution is 2.31. The fourth-order valence-electron chi connectivity index (χ4n) is 2.79. The number of carbonyl (C=O) groups is 1. The van der Waals surface area contributed by atoms with Crippen LogP contribution in [0.25, 0.3) is 20.7 Å². The predicted octanol–water partition coefficient (Wildman–Crippen LogP) is 4.08. The number of nitrogens with one attached hydrogen (secondary N) is 1. The fraction of sp³-hybridized carbons (Fsp3) is 0.316. The third-order valence-electron chi connectivity index (χ3n) is 4.08. The number of hydrogen-bond donors (Lipinski definition) is 1. The highest BCUT2D eigenvalue weighted by atomic mass is 35.5. The molecule has 5 nitrogen and oxygen atoms in total. The van der Waals surface area contributed by atoms with Crippen molar-refractivity contribution in [2.75, 3.05) is 0 Å². The van der Waals surface area contributed by atoms with Gasteiger partial charge < -0.3 is 5.32 Å². The first-order chi connectivity index (χ1) is 12.5. The number of rotatable bonds is 6.